The van der Waals surface area contributed by atoms with Crippen molar-refractivity contribution in [1.29, 1.82) is 0 Å². The SMILES string of the molecule is CN=C(NCc1cccc(OC)c1)NCc1cccc(OCCN(C)C)c1.I. The average molecular weight is 498 g/mol. The maximum atomic E-state index is 5.79. The molecule has 0 aliphatic carbocycles. The summed E-state index contributed by atoms with van der Waals surface area (Å²) in [5.41, 5.74) is 2.27. The molecule has 2 rings (SSSR count). The van der Waals surface area contributed by atoms with Crippen molar-refractivity contribution in [3.8, 4) is 11.5 Å². The molecule has 0 saturated carbocycles. The van der Waals surface area contributed by atoms with E-state index in [0.29, 0.717) is 19.7 Å². The topological polar surface area (TPSA) is 58.1 Å². The molecule has 0 saturated heterocycles. The molecule has 0 aliphatic rings. The fourth-order valence-corrected chi connectivity index (χ4v) is 2.47. The summed E-state index contributed by atoms with van der Waals surface area (Å²) in [6.45, 7) is 2.91. The molecule has 0 spiro atoms. The number of benzene rings is 2. The van der Waals surface area contributed by atoms with Gasteiger partial charge in [0.2, 0.25) is 0 Å². The van der Waals surface area contributed by atoms with Gasteiger partial charge in [0.25, 0.3) is 0 Å². The van der Waals surface area contributed by atoms with E-state index in [2.05, 4.69) is 38.7 Å². The van der Waals surface area contributed by atoms with Gasteiger partial charge in [0, 0.05) is 26.7 Å². The molecule has 0 bridgehead atoms. The largest absolute Gasteiger partial charge is 0.497 e. The van der Waals surface area contributed by atoms with Crippen molar-refractivity contribution in [3.05, 3.63) is 59.7 Å². The third kappa shape index (κ3) is 8.79. The summed E-state index contributed by atoms with van der Waals surface area (Å²) in [4.78, 5) is 6.38. The molecule has 0 atom stereocenters. The molecule has 0 unspecified atom stereocenters. The molecule has 0 aliphatic heterocycles. The van der Waals surface area contributed by atoms with Gasteiger partial charge in [-0.2, -0.15) is 0 Å². The average Bonchev–Trinajstić information content (AvgIpc) is 2.68. The van der Waals surface area contributed by atoms with E-state index < -0.39 is 0 Å². The van der Waals surface area contributed by atoms with Gasteiger partial charge in [-0.1, -0.05) is 24.3 Å². The number of aliphatic imine (C=N–C) groups is 1. The second kappa shape index (κ2) is 13.2. The van der Waals surface area contributed by atoms with E-state index >= 15 is 0 Å². The smallest absolute Gasteiger partial charge is 0.191 e. The second-order valence-electron chi connectivity index (χ2n) is 6.43. The van der Waals surface area contributed by atoms with Gasteiger partial charge >= 0.3 is 0 Å². The molecule has 2 aromatic rings. The number of guanidine groups is 1. The summed E-state index contributed by atoms with van der Waals surface area (Å²) in [7, 11) is 7.51. The van der Waals surface area contributed by atoms with Crippen molar-refractivity contribution < 1.29 is 9.47 Å². The zero-order valence-electron chi connectivity index (χ0n) is 17.1. The molecule has 2 aromatic carbocycles. The standard InChI is InChI=1S/C21H30N4O2.HI/c1-22-21(23-15-17-7-5-9-19(13-17)26-4)24-16-18-8-6-10-20(14-18)27-12-11-25(2)3;/h5-10,13-14H,11-12,15-16H2,1-4H3,(H2,22,23,24);1H. The van der Waals surface area contributed by atoms with Crippen LogP contribution in [0.5, 0.6) is 11.5 Å². The van der Waals surface area contributed by atoms with Crippen LogP contribution in [0.25, 0.3) is 0 Å². The molecule has 0 fully saturated rings. The Labute approximate surface area is 185 Å². The number of rotatable bonds is 9. The Hall–Kier alpha value is -2.00. The zero-order chi connectivity index (χ0) is 19.5. The van der Waals surface area contributed by atoms with Gasteiger partial charge in [-0.25, -0.2) is 0 Å². The molecular formula is C21H31IN4O2. The molecular weight excluding hydrogens is 467 g/mol. The second-order valence-corrected chi connectivity index (χ2v) is 6.43. The van der Waals surface area contributed by atoms with E-state index in [1.807, 2.05) is 44.4 Å². The minimum atomic E-state index is 0. The van der Waals surface area contributed by atoms with Crippen molar-refractivity contribution in [3.63, 3.8) is 0 Å². The van der Waals surface area contributed by atoms with Crippen LogP contribution in [-0.4, -0.2) is 52.3 Å². The van der Waals surface area contributed by atoms with Gasteiger partial charge in [0.15, 0.2) is 5.96 Å². The number of nitrogens with zero attached hydrogens (tertiary/aromatic N) is 2. The van der Waals surface area contributed by atoms with Crippen LogP contribution in [0, 0.1) is 0 Å². The summed E-state index contributed by atoms with van der Waals surface area (Å²) >= 11 is 0. The lowest BCUT2D eigenvalue weighted by Crippen LogP contribution is -2.36. The minimum absolute atomic E-state index is 0. The minimum Gasteiger partial charge on any atom is -0.497 e. The highest BCUT2D eigenvalue weighted by Crippen LogP contribution is 2.14. The number of methoxy groups -OCH3 is 1. The summed E-state index contributed by atoms with van der Waals surface area (Å²) in [5, 5.41) is 6.65. The lowest BCUT2D eigenvalue weighted by atomic mass is 10.2. The first-order valence-corrected chi connectivity index (χ1v) is 9.04. The number of hydrogen-bond donors (Lipinski definition) is 2. The van der Waals surface area contributed by atoms with Crippen LogP contribution in [0.15, 0.2) is 53.5 Å². The summed E-state index contributed by atoms with van der Waals surface area (Å²) < 4.78 is 11.0. The van der Waals surface area contributed by atoms with E-state index in [9.17, 15) is 0 Å². The van der Waals surface area contributed by atoms with Crippen molar-refractivity contribution in [2.45, 2.75) is 13.1 Å². The lowest BCUT2D eigenvalue weighted by molar-refractivity contribution is 0.261. The Kier molecular flexibility index (Phi) is 11.4. The monoisotopic (exact) mass is 498 g/mol. The van der Waals surface area contributed by atoms with Crippen molar-refractivity contribution >= 4 is 29.9 Å². The van der Waals surface area contributed by atoms with Gasteiger partial charge in [-0.3, -0.25) is 4.99 Å². The first kappa shape index (κ1) is 24.0. The van der Waals surface area contributed by atoms with E-state index in [-0.39, 0.29) is 24.0 Å². The highest BCUT2D eigenvalue weighted by atomic mass is 127. The predicted molar refractivity (Wildman–Crippen MR) is 126 cm³/mol. The number of likely N-dealkylation sites (N-methyl/N-ethyl adjacent to an activating group) is 1. The Morgan fingerprint density at radius 3 is 2.07 bits per heavy atom. The maximum Gasteiger partial charge on any atom is 0.191 e. The number of nitrogens with one attached hydrogen (secondary N) is 2. The van der Waals surface area contributed by atoms with E-state index in [0.717, 1.165) is 35.1 Å². The summed E-state index contributed by atoms with van der Waals surface area (Å²) in [6.07, 6.45) is 0. The fourth-order valence-electron chi connectivity index (χ4n) is 2.47. The Morgan fingerprint density at radius 1 is 0.964 bits per heavy atom. The van der Waals surface area contributed by atoms with Crippen LogP contribution >= 0.6 is 24.0 Å². The van der Waals surface area contributed by atoms with Gasteiger partial charge in [-0.05, 0) is 49.5 Å². The van der Waals surface area contributed by atoms with Crippen molar-refractivity contribution in [2.75, 3.05) is 41.4 Å². The molecule has 0 heterocycles. The van der Waals surface area contributed by atoms with Gasteiger partial charge in [0.1, 0.15) is 18.1 Å². The first-order chi connectivity index (χ1) is 13.1. The maximum absolute atomic E-state index is 5.79. The van der Waals surface area contributed by atoms with Gasteiger partial charge in [0.05, 0.1) is 7.11 Å². The zero-order valence-corrected chi connectivity index (χ0v) is 19.4. The molecule has 0 aromatic heterocycles. The normalized spacial score (nSPS) is 11.0. The molecule has 2 N–H and O–H groups in total. The van der Waals surface area contributed by atoms with Crippen LogP contribution in [0.1, 0.15) is 11.1 Å². The van der Waals surface area contributed by atoms with Gasteiger partial charge < -0.3 is 25.0 Å². The molecule has 0 amide bonds. The summed E-state index contributed by atoms with van der Waals surface area (Å²) in [5.74, 6) is 2.48. The number of halogens is 1. The first-order valence-electron chi connectivity index (χ1n) is 9.04. The molecule has 7 heteroatoms. The quantitative estimate of drug-likeness (QED) is 0.316. The highest BCUT2D eigenvalue weighted by molar-refractivity contribution is 14.0. The highest BCUT2D eigenvalue weighted by Gasteiger charge is 2.02. The van der Waals surface area contributed by atoms with Crippen molar-refractivity contribution in [2.24, 2.45) is 4.99 Å². The Morgan fingerprint density at radius 2 is 1.54 bits per heavy atom. The van der Waals surface area contributed by atoms with Crippen LogP contribution in [0.3, 0.4) is 0 Å². The Bertz CT molecular complexity index is 738. The molecule has 0 radical (unpaired) electrons. The Balaban J connectivity index is 0.00000392. The third-order valence-electron chi connectivity index (χ3n) is 3.98. The van der Waals surface area contributed by atoms with Gasteiger partial charge in [-0.15, -0.1) is 24.0 Å². The van der Waals surface area contributed by atoms with E-state index in [4.69, 9.17) is 9.47 Å². The molecule has 28 heavy (non-hydrogen) atoms. The fraction of sp³-hybridized carbons (Fsp3) is 0.381. The lowest BCUT2D eigenvalue weighted by Gasteiger charge is -2.14. The number of hydrogen-bond acceptors (Lipinski definition) is 4. The predicted octanol–water partition coefficient (Wildman–Crippen LogP) is 3.12. The number of ether oxygens (including phenoxy) is 2. The van der Waals surface area contributed by atoms with Crippen LogP contribution in [0.4, 0.5) is 0 Å². The van der Waals surface area contributed by atoms with E-state index in [1.165, 1.54) is 0 Å². The van der Waals surface area contributed by atoms with Crippen molar-refractivity contribution in [1.82, 2.24) is 15.5 Å². The third-order valence-corrected chi connectivity index (χ3v) is 3.98. The molecule has 6 nitrogen and oxygen atoms in total. The molecule has 154 valence electrons. The summed E-state index contributed by atoms with van der Waals surface area (Å²) in [6, 6.07) is 16.1. The van der Waals surface area contributed by atoms with Crippen LogP contribution < -0.4 is 20.1 Å². The van der Waals surface area contributed by atoms with E-state index in [1.54, 1.807) is 14.2 Å². The van der Waals surface area contributed by atoms with Crippen LogP contribution in [0.2, 0.25) is 0 Å². The van der Waals surface area contributed by atoms with Crippen LogP contribution in [-0.2, 0) is 13.1 Å².